The molecule has 5 aliphatic heterocycles. The maximum absolute atomic E-state index is 15.6. The van der Waals surface area contributed by atoms with E-state index in [9.17, 15) is 58.2 Å². The van der Waals surface area contributed by atoms with Crippen molar-refractivity contribution in [3.8, 4) is 0 Å². The number of nitrogens with two attached hydrogens (primary N) is 5. The van der Waals surface area contributed by atoms with Crippen molar-refractivity contribution in [2.75, 3.05) is 75.9 Å². The van der Waals surface area contributed by atoms with E-state index >= 15 is 43.2 Å². The van der Waals surface area contributed by atoms with E-state index in [1.54, 1.807) is 64.3 Å². The molecule has 5 heterocycles. The average Bonchev–Trinajstić information content (AvgIpc) is 1.66. The number of thioether (sulfide) groups is 1. The van der Waals surface area contributed by atoms with E-state index in [2.05, 4.69) is 74.1 Å². The van der Waals surface area contributed by atoms with Gasteiger partial charge in [0.2, 0.25) is 106 Å². The Morgan fingerprint density at radius 3 is 1.70 bits per heavy atom. The standard InChI is InChI=1S/C92H149N23O21S3/c1-52(2)47-64-81(126)103-60(29-18-40-98-92(96)97)77(122)102-59(27-14-16-38-93)78(123)109-66(49-57-25-12-9-13-26-57)89(134)112-41-19-30-69(112)85(130)99-54(5)76(121)110-67(50-116)83(128)108-65(48-56-23-10-8-11-24-56)82(127)111-68(51-139-138-46-37-62(80(125)107-64)104-79(124)61(36-45-137-7)105-87(132)71-32-21-43-114(71)91(136)74(53(3)4)100-55(6)117)84(129)106-63(28-15-17-39-94)88(133)115-44-22-33-72(115)90(135)113-42-20-31-70(113)86(131)101-58(75(95)120)34-35-73(118)119/h8,10-11,23-24,52-54,57-72,74,116H,9,12-22,25-51,93-94H2,1-7H3,(H2,95,120)(H,99,130)(H,100,117)(H,101,131)(H,102,122)(H,103,126)(H,104,124)(H,105,132)(H,106,129)(H,107,125)(H,108,128)(H,109,123)(H,110,121)(H,111,127)(H,118,119)(H4,96,97,98)/t54?,58-,59-,60-,61-,62?,63?,64-,65-,66-,67-,68-,69-,70-,71-,72-,74-/m0/s1. The molecular weight excluding hydrogens is 1860 g/mol. The predicted molar refractivity (Wildman–Crippen MR) is 522 cm³/mol. The minimum atomic E-state index is -1.82. The lowest BCUT2D eigenvalue weighted by Gasteiger charge is -2.33. The normalized spacial score (nSPS) is 25.0. The molecule has 1 aromatic carbocycles. The molecule has 5 saturated heterocycles. The molecule has 0 aromatic heterocycles. The summed E-state index contributed by atoms with van der Waals surface area (Å²) in [6.45, 7) is 9.09. The largest absolute Gasteiger partial charge is 0.481 e. The number of nitrogens with one attached hydrogen (secondary N) is 13. The van der Waals surface area contributed by atoms with E-state index in [4.69, 9.17) is 28.7 Å². The van der Waals surface area contributed by atoms with Gasteiger partial charge in [0.05, 0.1) is 6.61 Å². The van der Waals surface area contributed by atoms with E-state index in [0.29, 0.717) is 50.5 Å². The summed E-state index contributed by atoms with van der Waals surface area (Å²) in [7, 11) is 1.98. The molecule has 1 aliphatic carbocycles. The number of aliphatic hydroxyl groups is 1. The molecule has 1 saturated carbocycles. The van der Waals surface area contributed by atoms with E-state index in [0.717, 1.165) is 53.7 Å². The van der Waals surface area contributed by atoms with Crippen molar-refractivity contribution < 1.29 is 101 Å². The molecule has 17 atom stereocenters. The van der Waals surface area contributed by atoms with Gasteiger partial charge in [-0.3, -0.25) is 96.1 Å². The number of carbonyl (C=O) groups excluding carboxylic acids is 18. The number of primary amides is 1. The second-order valence-electron chi connectivity index (χ2n) is 37.4. The highest BCUT2D eigenvalue weighted by atomic mass is 33.1. The van der Waals surface area contributed by atoms with Gasteiger partial charge in [-0.05, 0) is 190 Å². The minimum absolute atomic E-state index is 0.00207. The Hall–Kier alpha value is -10.6. The number of hydrogen-bond donors (Lipinski definition) is 20. The number of nitrogens with zero attached hydrogens (tertiary/aromatic N) is 5. The first-order valence-corrected chi connectivity index (χ1v) is 52.7. The summed E-state index contributed by atoms with van der Waals surface area (Å²) in [6.07, 6.45) is 7.43. The number of carboxylic acids is 1. The molecule has 6 fully saturated rings. The number of aliphatic hydroxyl groups excluding tert-OH is 1. The van der Waals surface area contributed by atoms with Gasteiger partial charge in [-0.2, -0.15) is 11.8 Å². The number of aliphatic imine (C=N–C) groups is 1. The highest BCUT2D eigenvalue weighted by molar-refractivity contribution is 8.76. The molecular formula is C92H149N23O21S3. The predicted octanol–water partition coefficient (Wildman–Crippen LogP) is -2.60. The van der Waals surface area contributed by atoms with Crippen LogP contribution in [0.25, 0.3) is 0 Å². The zero-order valence-corrected chi connectivity index (χ0v) is 83.5. The molecule has 0 spiro atoms. The Balaban J connectivity index is 1.33. The summed E-state index contributed by atoms with van der Waals surface area (Å²) in [5, 5.41) is 55.9. The van der Waals surface area contributed by atoms with E-state index < -0.39 is 234 Å². The van der Waals surface area contributed by atoms with Crippen LogP contribution in [0.4, 0.5) is 0 Å². The van der Waals surface area contributed by atoms with Crippen molar-refractivity contribution in [2.45, 2.75) is 324 Å². The van der Waals surface area contributed by atoms with Crippen molar-refractivity contribution in [2.24, 2.45) is 51.4 Å². The Labute approximate surface area is 824 Å². The van der Waals surface area contributed by atoms with E-state index in [1.807, 2.05) is 0 Å². The summed E-state index contributed by atoms with van der Waals surface area (Å²) in [5.41, 5.74) is 29.5. The first-order chi connectivity index (χ1) is 66.3. The molecule has 0 bridgehead atoms. The summed E-state index contributed by atoms with van der Waals surface area (Å²) >= 11 is 1.34. The van der Waals surface area contributed by atoms with Crippen molar-refractivity contribution in [1.29, 1.82) is 0 Å². The number of aliphatic carboxylic acids is 1. The average molecular weight is 2010 g/mol. The van der Waals surface area contributed by atoms with Crippen LogP contribution in [0.15, 0.2) is 35.3 Å². The van der Waals surface area contributed by atoms with Crippen LogP contribution >= 0.6 is 33.3 Å². The van der Waals surface area contributed by atoms with Gasteiger partial charge in [0.15, 0.2) is 5.96 Å². The fourth-order valence-corrected chi connectivity index (χ4v) is 20.9. The fourth-order valence-electron chi connectivity index (χ4n) is 18.2. The zero-order chi connectivity index (χ0) is 102. The molecule has 25 N–H and O–H groups in total. The quantitative estimate of drug-likeness (QED) is 0.0139. The van der Waals surface area contributed by atoms with Crippen LogP contribution in [0.2, 0.25) is 0 Å². The number of unbranched alkanes of at least 4 members (excludes halogenated alkanes) is 2. The highest BCUT2D eigenvalue weighted by Crippen LogP contribution is 2.32. The summed E-state index contributed by atoms with van der Waals surface area (Å²) in [5.74, 6) is -17.2. The molecule has 7 rings (SSSR count). The lowest BCUT2D eigenvalue weighted by molar-refractivity contribution is -0.148. The van der Waals surface area contributed by atoms with E-state index in [-0.39, 0.29) is 177 Å². The second-order valence-corrected chi connectivity index (χ2v) is 41.0. The van der Waals surface area contributed by atoms with Crippen LogP contribution in [0, 0.1) is 17.8 Å². The molecule has 776 valence electrons. The monoisotopic (exact) mass is 2010 g/mol. The Bertz CT molecular complexity index is 4380. The molecule has 18 amide bonds. The van der Waals surface area contributed by atoms with Crippen LogP contribution in [0.3, 0.4) is 0 Å². The van der Waals surface area contributed by atoms with Crippen molar-refractivity contribution in [1.82, 2.24) is 88.7 Å². The summed E-state index contributed by atoms with van der Waals surface area (Å²) in [6, 6.07) is -15.4. The number of amides is 18. The molecule has 0 radical (unpaired) electrons. The third-order valence-corrected chi connectivity index (χ3v) is 28.8. The number of carboxylic acid groups (broad SMARTS) is 1. The number of carbonyl (C=O) groups is 19. The second kappa shape index (κ2) is 59.2. The van der Waals surface area contributed by atoms with Crippen LogP contribution in [0.1, 0.15) is 220 Å². The molecule has 6 aliphatic rings. The van der Waals surface area contributed by atoms with Gasteiger partial charge in [0, 0.05) is 64.0 Å². The summed E-state index contributed by atoms with van der Waals surface area (Å²) in [4.78, 5) is 286. The van der Waals surface area contributed by atoms with Crippen molar-refractivity contribution >= 4 is 152 Å². The van der Waals surface area contributed by atoms with Crippen molar-refractivity contribution in [3.05, 3.63) is 35.9 Å². The lowest BCUT2D eigenvalue weighted by atomic mass is 9.84. The number of hydrogen-bond acceptors (Lipinski definition) is 26. The van der Waals surface area contributed by atoms with Gasteiger partial charge in [-0.1, -0.05) is 112 Å². The molecule has 47 heteroatoms. The highest BCUT2D eigenvalue weighted by Gasteiger charge is 2.48. The van der Waals surface area contributed by atoms with Gasteiger partial charge >= 0.3 is 5.97 Å². The fraction of sp³-hybridized carbons (Fsp3) is 0.717. The number of benzene rings is 1. The first kappa shape index (κ1) is 115. The number of fused-ring (bicyclic) bond motifs is 1. The SMILES string of the molecule is CSCC[C@H](NC(=O)[C@@H]1CCCN1C(=O)[C@@H](NC(C)=O)C(C)C)C(=O)NC1CCSSC[C@@H](C(=O)NC(CCCCN)C(=O)N2CCC[C@H]2C(=O)N2CCC[C@H]2C(=O)N[C@@H](CCC(=O)O)C(N)=O)NC(=O)[C@H](Cc2ccccc2)NC(=O)[C@H](CO)NC(=O)C(C)NC(=O)[C@@H]2CCCN2C(=O)[C@H](CC2CCCCC2)NC(=O)[C@H](CCCCN)NC(=O)[C@H](CCCN=C(N)N)NC(=O)[C@H](CC(C)C)NC1=O. The molecule has 3 unspecified atom stereocenters. The number of likely N-dealkylation sites (tertiary alicyclic amines) is 3. The third-order valence-electron chi connectivity index (χ3n) is 25.7. The Kier molecular flexibility index (Phi) is 49.1. The minimum Gasteiger partial charge on any atom is -0.481 e. The molecule has 44 nitrogen and oxygen atoms in total. The first-order valence-electron chi connectivity index (χ1n) is 48.8. The van der Waals surface area contributed by atoms with Crippen LogP contribution in [-0.2, 0) is 97.5 Å². The van der Waals surface area contributed by atoms with Crippen molar-refractivity contribution in [3.63, 3.8) is 0 Å². The lowest BCUT2D eigenvalue weighted by Crippen LogP contribution is -2.61. The third kappa shape index (κ3) is 36.7. The van der Waals surface area contributed by atoms with Crippen LogP contribution in [0.5, 0.6) is 0 Å². The van der Waals surface area contributed by atoms with Gasteiger partial charge in [-0.15, -0.1) is 0 Å². The van der Waals surface area contributed by atoms with Gasteiger partial charge in [-0.25, -0.2) is 0 Å². The van der Waals surface area contributed by atoms with E-state index in [1.165, 1.54) is 45.2 Å². The zero-order valence-electron chi connectivity index (χ0n) is 81.0. The Morgan fingerprint density at radius 2 is 1.09 bits per heavy atom. The smallest absolute Gasteiger partial charge is 0.303 e. The van der Waals surface area contributed by atoms with Gasteiger partial charge in [0.1, 0.15) is 103 Å². The van der Waals surface area contributed by atoms with Gasteiger partial charge in [0.25, 0.3) is 0 Å². The number of guanidine groups is 1. The molecule has 1 aromatic rings. The number of rotatable bonds is 39. The van der Waals surface area contributed by atoms with Gasteiger partial charge < -0.3 is 128 Å². The molecule has 139 heavy (non-hydrogen) atoms. The van der Waals surface area contributed by atoms with Crippen LogP contribution < -0.4 is 97.8 Å². The topological polar surface area (TPSA) is 677 Å². The maximum Gasteiger partial charge on any atom is 0.303 e. The Morgan fingerprint density at radius 1 is 0.540 bits per heavy atom. The van der Waals surface area contributed by atoms with Crippen LogP contribution in [-0.4, -0.2) is 327 Å². The maximum atomic E-state index is 15.6. The summed E-state index contributed by atoms with van der Waals surface area (Å²) < 4.78 is 0.